The molecule has 0 spiro atoms. The van der Waals surface area contributed by atoms with Crippen molar-refractivity contribution in [3.8, 4) is 23.0 Å². The molecule has 1 heterocycles. The van der Waals surface area contributed by atoms with Crippen LogP contribution in [0.15, 0.2) is 16.7 Å². The largest absolute Gasteiger partial charge is 0.493 e. The van der Waals surface area contributed by atoms with Crippen LogP contribution in [0.25, 0.3) is 11.5 Å². The molecule has 0 saturated heterocycles. The average molecular weight is 360 g/mol. The van der Waals surface area contributed by atoms with Crippen LogP contribution in [0.2, 0.25) is 5.02 Å². The maximum atomic E-state index is 6.26. The maximum absolute atomic E-state index is 6.26. The van der Waals surface area contributed by atoms with Crippen molar-refractivity contribution in [2.45, 2.75) is 31.7 Å². The first-order valence-corrected chi connectivity index (χ1v) is 7.59. The number of hydrogen-bond acceptors (Lipinski definition) is 6. The average Bonchev–Trinajstić information content (AvgIpc) is 2.97. The van der Waals surface area contributed by atoms with Gasteiger partial charge in [0.1, 0.15) is 0 Å². The van der Waals surface area contributed by atoms with Crippen molar-refractivity contribution in [1.29, 1.82) is 0 Å². The Balaban J connectivity index is 0.00000192. The smallest absolute Gasteiger partial charge is 0.258 e. The van der Waals surface area contributed by atoms with Crippen molar-refractivity contribution < 1.29 is 14.0 Å². The highest BCUT2D eigenvalue weighted by Crippen LogP contribution is 2.41. The predicted molar refractivity (Wildman–Crippen MR) is 89.4 cm³/mol. The van der Waals surface area contributed by atoms with Crippen molar-refractivity contribution in [1.82, 2.24) is 10.1 Å². The number of benzene rings is 1. The van der Waals surface area contributed by atoms with Crippen LogP contribution < -0.4 is 15.2 Å². The number of methoxy groups -OCH3 is 1. The molecule has 1 fully saturated rings. The topological polar surface area (TPSA) is 83.4 Å². The van der Waals surface area contributed by atoms with E-state index in [0.29, 0.717) is 40.4 Å². The molecule has 1 aromatic heterocycles. The predicted octanol–water partition coefficient (Wildman–Crippen LogP) is 3.56. The molecule has 3 rings (SSSR count). The summed E-state index contributed by atoms with van der Waals surface area (Å²) in [7, 11) is 1.56. The SMILES string of the molecule is CCOc1c(Cl)cc(-c2nc(C3(N)CCC3)no2)cc1OC.Cl. The Hall–Kier alpha value is -1.50. The molecule has 0 unspecified atom stereocenters. The molecular formula is C15H19Cl2N3O3. The highest BCUT2D eigenvalue weighted by atomic mass is 35.5. The van der Waals surface area contributed by atoms with Gasteiger partial charge >= 0.3 is 0 Å². The third-order valence-corrected chi connectivity index (χ3v) is 4.16. The quantitative estimate of drug-likeness (QED) is 0.878. The Morgan fingerprint density at radius 3 is 2.70 bits per heavy atom. The van der Waals surface area contributed by atoms with Gasteiger partial charge in [-0.15, -0.1) is 12.4 Å². The van der Waals surface area contributed by atoms with Gasteiger partial charge in [0.2, 0.25) is 0 Å². The Bertz CT molecular complexity index is 687. The third-order valence-electron chi connectivity index (χ3n) is 3.88. The molecule has 1 aliphatic carbocycles. The summed E-state index contributed by atoms with van der Waals surface area (Å²) in [5, 5.41) is 4.44. The van der Waals surface area contributed by atoms with E-state index in [2.05, 4.69) is 10.1 Å². The number of halogens is 2. The Labute approximate surface area is 145 Å². The van der Waals surface area contributed by atoms with E-state index in [9.17, 15) is 0 Å². The van der Waals surface area contributed by atoms with Crippen LogP contribution in [0.4, 0.5) is 0 Å². The lowest BCUT2D eigenvalue weighted by atomic mass is 9.77. The van der Waals surface area contributed by atoms with Crippen molar-refractivity contribution >= 4 is 24.0 Å². The highest BCUT2D eigenvalue weighted by Gasteiger charge is 2.39. The zero-order valence-electron chi connectivity index (χ0n) is 13.0. The van der Waals surface area contributed by atoms with Crippen LogP contribution >= 0.6 is 24.0 Å². The van der Waals surface area contributed by atoms with Crippen LogP contribution in [0, 0.1) is 0 Å². The number of rotatable bonds is 5. The standard InChI is InChI=1S/C15H18ClN3O3.ClH/c1-3-21-12-10(16)7-9(8-11(12)20-2)13-18-14(19-22-13)15(17)5-4-6-15;/h7-8H,3-6,17H2,1-2H3;1H. The van der Waals surface area contributed by atoms with Gasteiger partial charge in [-0.05, 0) is 38.3 Å². The van der Waals surface area contributed by atoms with Crippen molar-refractivity contribution in [3.63, 3.8) is 0 Å². The molecule has 0 amide bonds. The Morgan fingerprint density at radius 2 is 2.13 bits per heavy atom. The zero-order valence-corrected chi connectivity index (χ0v) is 14.5. The zero-order chi connectivity index (χ0) is 15.7. The van der Waals surface area contributed by atoms with Gasteiger partial charge in [0.25, 0.3) is 5.89 Å². The molecule has 23 heavy (non-hydrogen) atoms. The van der Waals surface area contributed by atoms with Crippen LogP contribution in [-0.2, 0) is 5.54 Å². The molecule has 6 nitrogen and oxygen atoms in total. The second kappa shape index (κ2) is 6.95. The fourth-order valence-electron chi connectivity index (χ4n) is 2.45. The number of nitrogens with zero attached hydrogens (tertiary/aromatic N) is 2. The van der Waals surface area contributed by atoms with Crippen LogP contribution in [0.3, 0.4) is 0 Å². The number of ether oxygens (including phenoxy) is 2. The molecule has 0 aliphatic heterocycles. The van der Waals surface area contributed by atoms with Gasteiger partial charge in [0.05, 0.1) is 24.3 Å². The summed E-state index contributed by atoms with van der Waals surface area (Å²) in [5.74, 6) is 1.94. The van der Waals surface area contributed by atoms with Gasteiger partial charge in [-0.3, -0.25) is 0 Å². The van der Waals surface area contributed by atoms with E-state index in [1.54, 1.807) is 19.2 Å². The van der Waals surface area contributed by atoms with Gasteiger partial charge < -0.3 is 19.7 Å². The first-order valence-electron chi connectivity index (χ1n) is 7.21. The molecule has 8 heteroatoms. The summed E-state index contributed by atoms with van der Waals surface area (Å²) in [6.45, 7) is 2.38. The Kier molecular flexibility index (Phi) is 5.39. The minimum absolute atomic E-state index is 0. The third kappa shape index (κ3) is 3.24. The van der Waals surface area contributed by atoms with E-state index >= 15 is 0 Å². The number of hydrogen-bond donors (Lipinski definition) is 1. The number of nitrogens with two attached hydrogens (primary N) is 1. The summed E-state index contributed by atoms with van der Waals surface area (Å²) < 4.78 is 16.1. The summed E-state index contributed by atoms with van der Waals surface area (Å²) in [6.07, 6.45) is 2.84. The molecule has 0 atom stereocenters. The van der Waals surface area contributed by atoms with Crippen molar-refractivity contribution in [2.75, 3.05) is 13.7 Å². The van der Waals surface area contributed by atoms with Crippen molar-refractivity contribution in [3.05, 3.63) is 23.0 Å². The van der Waals surface area contributed by atoms with Crippen LogP contribution in [0.1, 0.15) is 32.0 Å². The highest BCUT2D eigenvalue weighted by molar-refractivity contribution is 6.32. The molecule has 1 aromatic carbocycles. The molecular weight excluding hydrogens is 341 g/mol. The fourth-order valence-corrected chi connectivity index (χ4v) is 2.72. The molecule has 126 valence electrons. The minimum atomic E-state index is -0.457. The van der Waals surface area contributed by atoms with E-state index in [4.69, 9.17) is 31.3 Å². The molecule has 0 bridgehead atoms. The first-order chi connectivity index (χ1) is 10.6. The molecule has 2 aromatic rings. The lowest BCUT2D eigenvalue weighted by Gasteiger charge is -2.34. The summed E-state index contributed by atoms with van der Waals surface area (Å²) in [4.78, 5) is 4.41. The van der Waals surface area contributed by atoms with E-state index in [-0.39, 0.29) is 12.4 Å². The molecule has 1 saturated carbocycles. The normalized spacial score (nSPS) is 15.5. The van der Waals surface area contributed by atoms with Gasteiger partial charge in [0, 0.05) is 5.56 Å². The first kappa shape index (κ1) is 17.8. The second-order valence-electron chi connectivity index (χ2n) is 5.36. The minimum Gasteiger partial charge on any atom is -0.493 e. The monoisotopic (exact) mass is 359 g/mol. The van der Waals surface area contributed by atoms with Gasteiger partial charge in [-0.2, -0.15) is 4.98 Å². The van der Waals surface area contributed by atoms with Gasteiger partial charge in [-0.1, -0.05) is 16.8 Å². The van der Waals surface area contributed by atoms with Crippen LogP contribution in [0.5, 0.6) is 11.5 Å². The van der Waals surface area contributed by atoms with Gasteiger partial charge in [-0.25, -0.2) is 0 Å². The maximum Gasteiger partial charge on any atom is 0.258 e. The Morgan fingerprint density at radius 1 is 1.39 bits per heavy atom. The molecule has 0 radical (unpaired) electrons. The van der Waals surface area contributed by atoms with Crippen LogP contribution in [-0.4, -0.2) is 23.9 Å². The summed E-state index contributed by atoms with van der Waals surface area (Å²) in [6, 6.07) is 3.48. The molecule has 1 aliphatic rings. The lowest BCUT2D eigenvalue weighted by molar-refractivity contribution is 0.229. The lowest BCUT2D eigenvalue weighted by Crippen LogP contribution is -2.44. The van der Waals surface area contributed by atoms with E-state index in [1.807, 2.05) is 6.92 Å². The molecule has 2 N–H and O–H groups in total. The number of aromatic nitrogens is 2. The van der Waals surface area contributed by atoms with Gasteiger partial charge in [0.15, 0.2) is 17.3 Å². The second-order valence-corrected chi connectivity index (χ2v) is 5.76. The fraction of sp³-hybridized carbons (Fsp3) is 0.467. The van der Waals surface area contributed by atoms with E-state index < -0.39 is 5.54 Å². The van der Waals surface area contributed by atoms with Crippen molar-refractivity contribution in [2.24, 2.45) is 5.73 Å². The summed E-state index contributed by atoms with van der Waals surface area (Å²) >= 11 is 6.26. The summed E-state index contributed by atoms with van der Waals surface area (Å²) in [5.41, 5.74) is 6.43. The van der Waals surface area contributed by atoms with E-state index in [0.717, 1.165) is 19.3 Å². The van der Waals surface area contributed by atoms with E-state index in [1.165, 1.54) is 0 Å².